The topological polar surface area (TPSA) is 57.8 Å². The molecule has 0 fully saturated rings. The van der Waals surface area contributed by atoms with E-state index >= 15 is 0 Å². The van der Waals surface area contributed by atoms with Crippen LogP contribution in [0.1, 0.15) is 35.8 Å². The molecule has 0 saturated heterocycles. The molecule has 0 unspecified atom stereocenters. The van der Waals surface area contributed by atoms with Gasteiger partial charge in [-0.05, 0) is 24.1 Å². The van der Waals surface area contributed by atoms with Crippen molar-refractivity contribution >= 4 is 23.3 Å². The van der Waals surface area contributed by atoms with Crippen LogP contribution in [-0.2, 0) is 0 Å². The Morgan fingerprint density at radius 3 is 2.74 bits per heavy atom. The van der Waals surface area contributed by atoms with Gasteiger partial charge in [0.25, 0.3) is 5.91 Å². The molecule has 4 nitrogen and oxygen atoms in total. The Hall–Kier alpha value is -1.88. The van der Waals surface area contributed by atoms with Gasteiger partial charge in [-0.25, -0.2) is 4.39 Å². The summed E-state index contributed by atoms with van der Waals surface area (Å²) in [4.78, 5) is 12.0. The van der Waals surface area contributed by atoms with E-state index < -0.39 is 11.7 Å². The Labute approximate surface area is 115 Å². The normalized spacial score (nSPS) is 10.8. The van der Waals surface area contributed by atoms with Crippen molar-refractivity contribution in [1.82, 2.24) is 10.2 Å². The van der Waals surface area contributed by atoms with Gasteiger partial charge in [0.1, 0.15) is 5.82 Å². The number of nitrogens with zero attached hydrogens (tertiary/aromatic N) is 1. The molecule has 1 heterocycles. The van der Waals surface area contributed by atoms with Gasteiger partial charge in [0.15, 0.2) is 5.82 Å². The summed E-state index contributed by atoms with van der Waals surface area (Å²) in [6.45, 7) is 4.02. The number of amides is 1. The van der Waals surface area contributed by atoms with Crippen molar-refractivity contribution in [2.45, 2.75) is 19.8 Å². The lowest BCUT2D eigenvalue weighted by Crippen LogP contribution is -2.12. The van der Waals surface area contributed by atoms with Crippen LogP contribution in [0.4, 0.5) is 10.2 Å². The molecule has 2 N–H and O–H groups in total. The maximum absolute atomic E-state index is 12.9. The average molecular weight is 282 g/mol. The van der Waals surface area contributed by atoms with E-state index in [1.807, 2.05) is 13.8 Å². The van der Waals surface area contributed by atoms with E-state index in [1.54, 1.807) is 6.07 Å². The van der Waals surface area contributed by atoms with E-state index in [1.165, 1.54) is 12.1 Å². The Bertz CT molecular complexity index is 610. The van der Waals surface area contributed by atoms with Gasteiger partial charge in [0.2, 0.25) is 0 Å². The highest BCUT2D eigenvalue weighted by Crippen LogP contribution is 2.19. The number of nitrogens with one attached hydrogen (secondary N) is 2. The number of H-pyrrole nitrogens is 1. The number of carbonyl (C=O) groups is 1. The third-order valence-corrected chi connectivity index (χ3v) is 2.95. The highest BCUT2D eigenvalue weighted by Gasteiger charge is 2.13. The van der Waals surface area contributed by atoms with Gasteiger partial charge in [0.05, 0.1) is 10.6 Å². The van der Waals surface area contributed by atoms with Crippen LogP contribution < -0.4 is 5.32 Å². The monoisotopic (exact) mass is 281 g/mol. The minimum absolute atomic E-state index is 0.0668. The second kappa shape index (κ2) is 5.40. The Balaban J connectivity index is 2.16. The van der Waals surface area contributed by atoms with Crippen molar-refractivity contribution in [1.29, 1.82) is 0 Å². The predicted octanol–water partition coefficient (Wildman–Crippen LogP) is 3.58. The molecule has 0 aliphatic heterocycles. The van der Waals surface area contributed by atoms with Crippen molar-refractivity contribution in [3.8, 4) is 0 Å². The molecule has 100 valence electrons. The molecule has 0 saturated carbocycles. The fourth-order valence-electron chi connectivity index (χ4n) is 1.55. The lowest BCUT2D eigenvalue weighted by Gasteiger charge is -2.04. The van der Waals surface area contributed by atoms with Gasteiger partial charge in [-0.1, -0.05) is 25.4 Å². The van der Waals surface area contributed by atoms with Crippen molar-refractivity contribution < 1.29 is 9.18 Å². The summed E-state index contributed by atoms with van der Waals surface area (Å²) >= 11 is 5.82. The Kier molecular flexibility index (Phi) is 3.85. The Morgan fingerprint density at radius 2 is 2.16 bits per heavy atom. The molecule has 0 spiro atoms. The predicted molar refractivity (Wildman–Crippen MR) is 72.0 cm³/mol. The summed E-state index contributed by atoms with van der Waals surface area (Å²) in [7, 11) is 0. The maximum atomic E-state index is 12.9. The zero-order valence-electron chi connectivity index (χ0n) is 10.5. The number of anilines is 1. The van der Waals surface area contributed by atoms with Crippen molar-refractivity contribution in [3.63, 3.8) is 0 Å². The van der Waals surface area contributed by atoms with Crippen LogP contribution in [0, 0.1) is 5.82 Å². The number of benzene rings is 1. The first-order chi connectivity index (χ1) is 8.97. The molecule has 1 aromatic carbocycles. The number of rotatable bonds is 3. The molecule has 0 radical (unpaired) electrons. The van der Waals surface area contributed by atoms with Crippen LogP contribution >= 0.6 is 11.6 Å². The molecule has 1 aromatic heterocycles. The summed E-state index contributed by atoms with van der Waals surface area (Å²) in [6.07, 6.45) is 0. The largest absolute Gasteiger partial charge is 0.305 e. The molecular weight excluding hydrogens is 269 g/mol. The lowest BCUT2D eigenvalue weighted by molar-refractivity contribution is 0.102. The number of carbonyl (C=O) groups excluding carboxylic acids is 1. The lowest BCUT2D eigenvalue weighted by atomic mass is 10.1. The first-order valence-corrected chi connectivity index (χ1v) is 6.17. The molecular formula is C13H13ClFN3O. The van der Waals surface area contributed by atoms with Gasteiger partial charge in [-0.2, -0.15) is 5.10 Å². The number of aromatic nitrogens is 2. The highest BCUT2D eigenvalue weighted by molar-refractivity contribution is 6.34. The summed E-state index contributed by atoms with van der Waals surface area (Å²) in [6, 6.07) is 5.37. The average Bonchev–Trinajstić information content (AvgIpc) is 2.77. The summed E-state index contributed by atoms with van der Waals surface area (Å²) < 4.78 is 12.9. The minimum Gasteiger partial charge on any atom is -0.305 e. The number of halogens is 2. The van der Waals surface area contributed by atoms with Crippen molar-refractivity contribution in [2.75, 3.05) is 5.32 Å². The van der Waals surface area contributed by atoms with Crippen LogP contribution in [0.2, 0.25) is 5.02 Å². The molecule has 6 heteroatoms. The summed E-state index contributed by atoms with van der Waals surface area (Å²) in [5.41, 5.74) is 1.12. The van der Waals surface area contributed by atoms with Gasteiger partial charge >= 0.3 is 0 Å². The van der Waals surface area contributed by atoms with Crippen LogP contribution in [-0.4, -0.2) is 16.1 Å². The Morgan fingerprint density at radius 1 is 1.42 bits per heavy atom. The van der Waals surface area contributed by atoms with Gasteiger partial charge in [0, 0.05) is 11.8 Å². The molecule has 0 bridgehead atoms. The van der Waals surface area contributed by atoms with E-state index in [0.29, 0.717) is 5.82 Å². The van der Waals surface area contributed by atoms with E-state index in [2.05, 4.69) is 15.5 Å². The number of hydrogen-bond acceptors (Lipinski definition) is 2. The van der Waals surface area contributed by atoms with E-state index in [4.69, 9.17) is 11.6 Å². The zero-order chi connectivity index (χ0) is 14.0. The van der Waals surface area contributed by atoms with Gasteiger partial charge < -0.3 is 5.32 Å². The first-order valence-electron chi connectivity index (χ1n) is 5.79. The fraction of sp³-hybridized carbons (Fsp3) is 0.231. The van der Waals surface area contributed by atoms with Crippen molar-refractivity contribution in [2.24, 2.45) is 0 Å². The van der Waals surface area contributed by atoms with Gasteiger partial charge in [-0.3, -0.25) is 9.89 Å². The number of hydrogen-bond donors (Lipinski definition) is 2. The number of aromatic amines is 1. The second-order valence-corrected chi connectivity index (χ2v) is 4.85. The highest BCUT2D eigenvalue weighted by atomic mass is 35.5. The van der Waals surface area contributed by atoms with Crippen LogP contribution in [0.3, 0.4) is 0 Å². The molecule has 0 atom stereocenters. The molecule has 0 aliphatic rings. The smallest absolute Gasteiger partial charge is 0.258 e. The van der Waals surface area contributed by atoms with E-state index in [9.17, 15) is 9.18 Å². The standard InChI is InChI=1S/C13H13ClFN3O/c1-7(2)11-6-12(18-17-11)16-13(19)9-4-3-8(15)5-10(9)14/h3-7H,1-2H3,(H2,16,17,18,19). The third kappa shape index (κ3) is 3.12. The molecule has 2 rings (SSSR count). The zero-order valence-corrected chi connectivity index (χ0v) is 11.3. The third-order valence-electron chi connectivity index (χ3n) is 2.64. The quantitative estimate of drug-likeness (QED) is 0.903. The SMILES string of the molecule is CC(C)c1cc(NC(=O)c2ccc(F)cc2Cl)n[nH]1. The van der Waals surface area contributed by atoms with Crippen LogP contribution in [0.5, 0.6) is 0 Å². The summed E-state index contributed by atoms with van der Waals surface area (Å²) in [5, 5.41) is 9.48. The summed E-state index contributed by atoms with van der Waals surface area (Å²) in [5.74, 6) is -0.211. The van der Waals surface area contributed by atoms with Crippen LogP contribution in [0.25, 0.3) is 0 Å². The first kappa shape index (κ1) is 13.5. The van der Waals surface area contributed by atoms with E-state index in [0.717, 1.165) is 11.8 Å². The maximum Gasteiger partial charge on any atom is 0.258 e. The van der Waals surface area contributed by atoms with Crippen molar-refractivity contribution in [3.05, 3.63) is 46.4 Å². The van der Waals surface area contributed by atoms with Gasteiger partial charge in [-0.15, -0.1) is 0 Å². The molecule has 0 aliphatic carbocycles. The van der Waals surface area contributed by atoms with Crippen LogP contribution in [0.15, 0.2) is 24.3 Å². The van der Waals surface area contributed by atoms with E-state index in [-0.39, 0.29) is 16.5 Å². The molecule has 1 amide bonds. The minimum atomic E-state index is -0.483. The second-order valence-electron chi connectivity index (χ2n) is 4.44. The molecule has 2 aromatic rings. The fourth-order valence-corrected chi connectivity index (χ4v) is 1.81. The molecule has 19 heavy (non-hydrogen) atoms.